The van der Waals surface area contributed by atoms with Gasteiger partial charge in [0.15, 0.2) is 5.15 Å². The van der Waals surface area contributed by atoms with Crippen LogP contribution in [0.4, 0.5) is 10.1 Å². The number of piperidine rings is 1. The maximum absolute atomic E-state index is 13.0. The smallest absolute Gasteiger partial charge is 0.241 e. The van der Waals surface area contributed by atoms with Crippen molar-refractivity contribution in [3.63, 3.8) is 0 Å². The molecular weight excluding hydrogens is 353 g/mol. The molecule has 1 aromatic heterocycles. The monoisotopic (exact) mass is 375 g/mol. The number of aromatic nitrogens is 1. The van der Waals surface area contributed by atoms with Crippen LogP contribution in [0.15, 0.2) is 42.6 Å². The molecule has 1 saturated heterocycles. The van der Waals surface area contributed by atoms with Crippen molar-refractivity contribution in [2.75, 3.05) is 18.4 Å². The van der Waals surface area contributed by atoms with Crippen molar-refractivity contribution in [1.29, 1.82) is 0 Å². The summed E-state index contributed by atoms with van der Waals surface area (Å²) in [4.78, 5) is 18.7. The third kappa shape index (κ3) is 4.80. The van der Waals surface area contributed by atoms with Crippen LogP contribution in [0, 0.1) is 11.7 Å². The van der Waals surface area contributed by atoms with E-state index < -0.39 is 0 Å². The van der Waals surface area contributed by atoms with Gasteiger partial charge in [-0.15, -0.1) is 0 Å². The standard InChI is InChI=1S/C20H23ClFN3O/c1-14(20(26)24-18-3-2-10-23-19(18)21)25-11-8-16(9-12-25)13-15-4-6-17(22)7-5-15/h2-7,10,14,16H,8-9,11-13H2,1H3,(H,24,26). The molecule has 1 atom stereocenters. The molecule has 0 saturated carbocycles. The minimum Gasteiger partial charge on any atom is -0.322 e. The molecule has 1 aliphatic rings. The molecule has 1 fully saturated rings. The number of nitrogens with zero attached hydrogens (tertiary/aromatic N) is 2. The number of hydrogen-bond donors (Lipinski definition) is 1. The van der Waals surface area contributed by atoms with E-state index in [-0.39, 0.29) is 17.8 Å². The van der Waals surface area contributed by atoms with Gasteiger partial charge in [0.05, 0.1) is 11.7 Å². The number of nitrogens with one attached hydrogen (secondary N) is 1. The van der Waals surface area contributed by atoms with Crippen molar-refractivity contribution >= 4 is 23.2 Å². The number of likely N-dealkylation sites (tertiary alicyclic amines) is 1. The van der Waals surface area contributed by atoms with Crippen LogP contribution in [0.5, 0.6) is 0 Å². The van der Waals surface area contributed by atoms with Crippen LogP contribution in [0.25, 0.3) is 0 Å². The zero-order valence-electron chi connectivity index (χ0n) is 14.8. The SMILES string of the molecule is CC(C(=O)Nc1cccnc1Cl)N1CCC(Cc2ccc(F)cc2)CC1. The van der Waals surface area contributed by atoms with Crippen LogP contribution >= 0.6 is 11.6 Å². The highest BCUT2D eigenvalue weighted by Crippen LogP contribution is 2.24. The van der Waals surface area contributed by atoms with Crippen molar-refractivity contribution in [1.82, 2.24) is 9.88 Å². The third-order valence-corrected chi connectivity index (χ3v) is 5.33. The van der Waals surface area contributed by atoms with Crippen LogP contribution in [-0.4, -0.2) is 34.9 Å². The number of amides is 1. The predicted molar refractivity (Wildman–Crippen MR) is 102 cm³/mol. The fourth-order valence-electron chi connectivity index (χ4n) is 3.38. The summed E-state index contributed by atoms with van der Waals surface area (Å²) >= 11 is 6.00. The van der Waals surface area contributed by atoms with E-state index in [1.165, 1.54) is 17.7 Å². The molecule has 1 unspecified atom stereocenters. The Balaban J connectivity index is 1.50. The maximum Gasteiger partial charge on any atom is 0.241 e. The number of halogens is 2. The van der Waals surface area contributed by atoms with E-state index >= 15 is 0 Å². The van der Waals surface area contributed by atoms with E-state index in [0.29, 0.717) is 16.8 Å². The lowest BCUT2D eigenvalue weighted by Gasteiger charge is -2.35. The molecule has 138 valence electrons. The van der Waals surface area contributed by atoms with Crippen LogP contribution in [0.1, 0.15) is 25.3 Å². The van der Waals surface area contributed by atoms with Gasteiger partial charge >= 0.3 is 0 Å². The Morgan fingerprint density at radius 3 is 2.65 bits per heavy atom. The van der Waals surface area contributed by atoms with Gasteiger partial charge in [0.2, 0.25) is 5.91 Å². The average Bonchev–Trinajstić information content (AvgIpc) is 2.65. The lowest BCUT2D eigenvalue weighted by Crippen LogP contribution is -2.46. The van der Waals surface area contributed by atoms with E-state index in [1.807, 2.05) is 19.1 Å². The minimum absolute atomic E-state index is 0.0723. The number of carbonyl (C=O) groups excluding carboxylic acids is 1. The summed E-state index contributed by atoms with van der Waals surface area (Å²) in [7, 11) is 0. The van der Waals surface area contributed by atoms with Crippen molar-refractivity contribution < 1.29 is 9.18 Å². The second-order valence-corrected chi connectivity index (χ2v) is 7.17. The topological polar surface area (TPSA) is 45.2 Å². The number of hydrogen-bond acceptors (Lipinski definition) is 3. The first-order valence-corrected chi connectivity index (χ1v) is 9.30. The third-order valence-electron chi connectivity index (χ3n) is 5.03. The summed E-state index contributed by atoms with van der Waals surface area (Å²) in [6.07, 6.45) is 4.61. The highest BCUT2D eigenvalue weighted by Gasteiger charge is 2.27. The van der Waals surface area contributed by atoms with Gasteiger partial charge in [-0.25, -0.2) is 9.37 Å². The molecule has 1 N–H and O–H groups in total. The minimum atomic E-state index is -0.224. The fraction of sp³-hybridized carbons (Fsp3) is 0.400. The van der Waals surface area contributed by atoms with Crippen molar-refractivity contribution in [2.45, 2.75) is 32.2 Å². The van der Waals surface area contributed by atoms with Crippen LogP contribution in [-0.2, 0) is 11.2 Å². The largest absolute Gasteiger partial charge is 0.322 e. The summed E-state index contributed by atoms with van der Waals surface area (Å²) in [5, 5.41) is 3.15. The first kappa shape index (κ1) is 18.8. The number of pyridine rings is 1. The predicted octanol–water partition coefficient (Wildman–Crippen LogP) is 4.16. The number of carbonyl (C=O) groups is 1. The molecule has 0 aliphatic carbocycles. The Morgan fingerprint density at radius 2 is 2.00 bits per heavy atom. The van der Waals surface area contributed by atoms with Crippen LogP contribution in [0.3, 0.4) is 0 Å². The summed E-state index contributed by atoms with van der Waals surface area (Å²) < 4.78 is 13.0. The Hall–Kier alpha value is -1.98. The molecule has 0 bridgehead atoms. The van der Waals surface area contributed by atoms with E-state index in [2.05, 4.69) is 15.2 Å². The molecule has 26 heavy (non-hydrogen) atoms. The van der Waals surface area contributed by atoms with Gasteiger partial charge in [0, 0.05) is 6.20 Å². The summed E-state index contributed by atoms with van der Waals surface area (Å²) in [6.45, 7) is 3.67. The van der Waals surface area contributed by atoms with Gasteiger partial charge in [0.1, 0.15) is 5.82 Å². The highest BCUT2D eigenvalue weighted by molar-refractivity contribution is 6.32. The zero-order chi connectivity index (χ0) is 18.5. The van der Waals surface area contributed by atoms with Crippen LogP contribution < -0.4 is 5.32 Å². The molecule has 0 radical (unpaired) electrons. The number of anilines is 1. The van der Waals surface area contributed by atoms with E-state index in [4.69, 9.17) is 11.6 Å². The second-order valence-electron chi connectivity index (χ2n) is 6.82. The first-order valence-electron chi connectivity index (χ1n) is 8.93. The maximum atomic E-state index is 13.0. The molecule has 1 amide bonds. The fourth-order valence-corrected chi connectivity index (χ4v) is 3.55. The molecule has 4 nitrogen and oxygen atoms in total. The van der Waals surface area contributed by atoms with E-state index in [9.17, 15) is 9.18 Å². The first-order chi connectivity index (χ1) is 12.5. The Bertz CT molecular complexity index is 745. The molecule has 0 spiro atoms. The molecule has 2 heterocycles. The highest BCUT2D eigenvalue weighted by atomic mass is 35.5. The number of benzene rings is 1. The second kappa shape index (κ2) is 8.60. The molecule has 6 heteroatoms. The Morgan fingerprint density at radius 1 is 1.31 bits per heavy atom. The van der Waals surface area contributed by atoms with E-state index in [1.54, 1.807) is 18.3 Å². The van der Waals surface area contributed by atoms with Gasteiger partial charge in [-0.05, 0) is 75.0 Å². The molecule has 1 aliphatic heterocycles. The Labute approximate surface area is 158 Å². The normalized spacial score (nSPS) is 17.0. The van der Waals surface area contributed by atoms with Crippen molar-refractivity contribution in [3.8, 4) is 0 Å². The lowest BCUT2D eigenvalue weighted by molar-refractivity contribution is -0.121. The molecule has 1 aromatic carbocycles. The van der Waals surface area contributed by atoms with Crippen molar-refractivity contribution in [3.05, 3.63) is 59.1 Å². The Kier molecular flexibility index (Phi) is 6.22. The van der Waals surface area contributed by atoms with Crippen molar-refractivity contribution in [2.24, 2.45) is 5.92 Å². The van der Waals surface area contributed by atoms with Crippen LogP contribution in [0.2, 0.25) is 5.15 Å². The molecule has 3 rings (SSSR count). The zero-order valence-corrected chi connectivity index (χ0v) is 15.5. The lowest BCUT2D eigenvalue weighted by atomic mass is 9.89. The van der Waals surface area contributed by atoms with Gasteiger partial charge in [-0.2, -0.15) is 0 Å². The van der Waals surface area contributed by atoms with Gasteiger partial charge in [0.25, 0.3) is 0 Å². The average molecular weight is 376 g/mol. The van der Waals surface area contributed by atoms with E-state index in [0.717, 1.165) is 32.4 Å². The summed E-state index contributed by atoms with van der Waals surface area (Å²) in [6, 6.07) is 10.0. The van der Waals surface area contributed by atoms with Gasteiger partial charge in [-0.1, -0.05) is 23.7 Å². The quantitative estimate of drug-likeness (QED) is 0.798. The van der Waals surface area contributed by atoms with Gasteiger partial charge in [-0.3, -0.25) is 9.69 Å². The molecular formula is C20H23ClFN3O. The summed E-state index contributed by atoms with van der Waals surface area (Å²) in [5.41, 5.74) is 1.71. The molecule has 2 aromatic rings. The van der Waals surface area contributed by atoms with Gasteiger partial charge < -0.3 is 5.32 Å². The summed E-state index contributed by atoms with van der Waals surface area (Å²) in [5.74, 6) is 0.300. The number of rotatable bonds is 5.